The van der Waals surface area contributed by atoms with Crippen molar-refractivity contribution in [1.29, 1.82) is 0 Å². The van der Waals surface area contributed by atoms with E-state index in [4.69, 9.17) is 23.6 Å². The van der Waals surface area contributed by atoms with Crippen LogP contribution >= 0.6 is 0 Å². The van der Waals surface area contributed by atoms with E-state index in [0.29, 0.717) is 28.7 Å². The summed E-state index contributed by atoms with van der Waals surface area (Å²) in [6.45, 7) is -2.62. The van der Waals surface area contributed by atoms with E-state index < -0.39 is 6.96 Å². The Hall–Kier alpha value is -4.91. The van der Waals surface area contributed by atoms with Gasteiger partial charge in [-0.15, -0.1) is 0 Å². The second-order valence-corrected chi connectivity index (χ2v) is 8.60. The number of nitrogens with one attached hydrogen (secondary N) is 1. The van der Waals surface area contributed by atoms with Crippen LogP contribution in [0, 0.1) is 0 Å². The molecule has 0 aliphatic carbocycles. The van der Waals surface area contributed by atoms with Crippen molar-refractivity contribution in [1.82, 2.24) is 4.98 Å². The average molecular weight is 471 g/mol. The molecular formula is C29H20BN2O4-. The molecular weight excluding hydrogens is 451 g/mol. The summed E-state index contributed by atoms with van der Waals surface area (Å²) in [5.74, 6) is 2.17. The van der Waals surface area contributed by atoms with Gasteiger partial charge in [-0.05, 0) is 42.0 Å². The molecule has 1 aromatic heterocycles. The molecule has 0 saturated carbocycles. The molecule has 0 saturated heterocycles. The molecule has 0 amide bonds. The first-order valence-corrected chi connectivity index (χ1v) is 11.8. The number of aliphatic imine (C=N–C) groups is 1. The summed E-state index contributed by atoms with van der Waals surface area (Å²) in [4.78, 5) is 8.26. The Bertz CT molecular complexity index is 1560. The third-order valence-electron chi connectivity index (χ3n) is 6.19. The summed E-state index contributed by atoms with van der Waals surface area (Å²) in [5.41, 5.74) is 5.36. The first-order chi connectivity index (χ1) is 17.7. The lowest BCUT2D eigenvalue weighted by atomic mass is 10.0. The number of benzene rings is 3. The number of para-hydroxylation sites is 2. The van der Waals surface area contributed by atoms with Gasteiger partial charge in [-0.25, -0.2) is 4.99 Å². The van der Waals surface area contributed by atoms with Crippen molar-refractivity contribution in [3.05, 3.63) is 138 Å². The summed E-state index contributed by atoms with van der Waals surface area (Å²) in [6, 6.07) is 31.5. The molecule has 0 bridgehead atoms. The highest BCUT2D eigenvalue weighted by Crippen LogP contribution is 2.43. The Morgan fingerprint density at radius 3 is 1.94 bits per heavy atom. The number of hydrogen-bond donors (Lipinski definition) is 1. The highest BCUT2D eigenvalue weighted by Gasteiger charge is 2.50. The zero-order valence-corrected chi connectivity index (χ0v) is 19.1. The van der Waals surface area contributed by atoms with Crippen LogP contribution in [0.4, 0.5) is 0 Å². The second kappa shape index (κ2) is 8.10. The fraction of sp³-hybridized carbons (Fsp3) is 0. The smallest absolute Gasteiger partial charge is 0.610 e. The normalized spacial score (nSPS) is 19.0. The lowest BCUT2D eigenvalue weighted by molar-refractivity contribution is 0.130. The van der Waals surface area contributed by atoms with Crippen molar-refractivity contribution in [2.75, 3.05) is 0 Å². The molecule has 7 heteroatoms. The SMILES string of the molecule is C1=CC(=C2C=C(c3ccc(-c4ccccc4)[nH]3)O[B-]3(O2)Oc2ccccc2O3)N=C1c1ccccc1. The molecule has 6 nitrogen and oxygen atoms in total. The van der Waals surface area contributed by atoms with Crippen molar-refractivity contribution in [2.45, 2.75) is 0 Å². The monoisotopic (exact) mass is 471 g/mol. The quantitative estimate of drug-likeness (QED) is 0.359. The molecule has 1 N–H and O–H groups in total. The Kier molecular flexibility index (Phi) is 4.60. The molecule has 174 valence electrons. The Morgan fingerprint density at radius 1 is 0.583 bits per heavy atom. The number of H-pyrrole nitrogens is 1. The van der Waals surface area contributed by atoms with Crippen molar-refractivity contribution < 1.29 is 18.6 Å². The zero-order chi connectivity index (χ0) is 24.0. The molecule has 1 spiro atoms. The van der Waals surface area contributed by atoms with Gasteiger partial charge in [-0.1, -0.05) is 72.8 Å². The molecule has 4 heterocycles. The van der Waals surface area contributed by atoms with Gasteiger partial charge in [0.25, 0.3) is 0 Å². The molecule has 0 atom stereocenters. The number of aromatic amines is 1. The van der Waals surface area contributed by atoms with Crippen LogP contribution in [0.5, 0.6) is 11.5 Å². The molecule has 0 radical (unpaired) electrons. The molecule has 3 aliphatic rings. The highest BCUT2D eigenvalue weighted by molar-refractivity contribution is 6.58. The minimum absolute atomic E-state index is 0.502. The third kappa shape index (κ3) is 3.58. The van der Waals surface area contributed by atoms with Gasteiger partial charge in [0.2, 0.25) is 0 Å². The van der Waals surface area contributed by atoms with E-state index >= 15 is 0 Å². The van der Waals surface area contributed by atoms with Crippen LogP contribution in [0.2, 0.25) is 0 Å². The molecule has 3 aromatic carbocycles. The van der Waals surface area contributed by atoms with Crippen LogP contribution in [0.15, 0.2) is 132 Å². The van der Waals surface area contributed by atoms with Crippen molar-refractivity contribution in [3.63, 3.8) is 0 Å². The largest absolute Gasteiger partial charge is 0.777 e. The van der Waals surface area contributed by atoms with Crippen LogP contribution in [-0.4, -0.2) is 17.7 Å². The van der Waals surface area contributed by atoms with Crippen molar-refractivity contribution >= 4 is 18.4 Å². The summed E-state index contributed by atoms with van der Waals surface area (Å²) >= 11 is 0. The van der Waals surface area contributed by atoms with E-state index in [1.54, 1.807) is 0 Å². The number of aromatic nitrogens is 1. The summed E-state index contributed by atoms with van der Waals surface area (Å²) in [5, 5.41) is 0. The highest BCUT2D eigenvalue weighted by atomic mass is 16.9. The Labute approximate surface area is 207 Å². The molecule has 3 aliphatic heterocycles. The maximum absolute atomic E-state index is 6.27. The minimum Gasteiger partial charge on any atom is -0.610 e. The lowest BCUT2D eigenvalue weighted by Crippen LogP contribution is -2.52. The van der Waals surface area contributed by atoms with E-state index in [1.165, 1.54) is 0 Å². The van der Waals surface area contributed by atoms with Crippen LogP contribution in [0.1, 0.15) is 11.3 Å². The minimum atomic E-state index is -2.62. The maximum Gasteiger partial charge on any atom is 0.777 e. The number of rotatable bonds is 3. The van der Waals surface area contributed by atoms with E-state index in [9.17, 15) is 0 Å². The predicted molar refractivity (Wildman–Crippen MR) is 139 cm³/mol. The first kappa shape index (κ1) is 20.5. The van der Waals surface area contributed by atoms with Gasteiger partial charge in [0.1, 0.15) is 28.7 Å². The van der Waals surface area contributed by atoms with Crippen LogP contribution in [-0.2, 0) is 9.31 Å². The van der Waals surface area contributed by atoms with E-state index in [0.717, 1.165) is 28.2 Å². The maximum atomic E-state index is 6.27. The van der Waals surface area contributed by atoms with Crippen molar-refractivity contribution in [2.24, 2.45) is 4.99 Å². The van der Waals surface area contributed by atoms with Crippen LogP contribution < -0.4 is 9.31 Å². The lowest BCUT2D eigenvalue weighted by Gasteiger charge is -2.40. The molecule has 0 unspecified atom stereocenters. The van der Waals surface area contributed by atoms with Gasteiger partial charge in [-0.2, -0.15) is 0 Å². The summed E-state index contributed by atoms with van der Waals surface area (Å²) in [6.07, 6.45) is 5.71. The van der Waals surface area contributed by atoms with Crippen molar-refractivity contribution in [3.8, 4) is 22.8 Å². The zero-order valence-electron chi connectivity index (χ0n) is 19.1. The van der Waals surface area contributed by atoms with Crippen LogP contribution in [0.3, 0.4) is 0 Å². The van der Waals surface area contributed by atoms with Gasteiger partial charge in [0.05, 0.1) is 11.4 Å². The molecule has 4 aromatic rings. The summed E-state index contributed by atoms with van der Waals surface area (Å²) in [7, 11) is 0. The fourth-order valence-corrected chi connectivity index (χ4v) is 4.47. The van der Waals surface area contributed by atoms with E-state index in [2.05, 4.69) is 17.1 Å². The van der Waals surface area contributed by atoms with Gasteiger partial charge in [0, 0.05) is 17.3 Å². The predicted octanol–water partition coefficient (Wildman–Crippen LogP) is 6.25. The fourth-order valence-electron chi connectivity index (χ4n) is 4.47. The number of allylic oxidation sites excluding steroid dienone is 3. The van der Waals surface area contributed by atoms with Gasteiger partial charge >= 0.3 is 6.96 Å². The molecule has 0 fully saturated rings. The Balaban J connectivity index is 1.30. The average Bonchev–Trinajstić information content (AvgIpc) is 3.68. The van der Waals surface area contributed by atoms with Gasteiger partial charge in [0.15, 0.2) is 0 Å². The number of nitrogens with zero attached hydrogens (tertiary/aromatic N) is 1. The van der Waals surface area contributed by atoms with Crippen LogP contribution in [0.25, 0.3) is 17.0 Å². The van der Waals surface area contributed by atoms with Gasteiger partial charge < -0.3 is 23.6 Å². The summed E-state index contributed by atoms with van der Waals surface area (Å²) < 4.78 is 24.8. The molecule has 7 rings (SSSR count). The first-order valence-electron chi connectivity index (χ1n) is 11.8. The standard InChI is InChI=1S/C29H20BN2O4/c1-3-9-20(10-4-1)22-15-17-24(31-22)28-19-29(25-18-16-23(32-25)21-11-5-2-6-12-21)36-30(35-28)33-26-13-7-8-14-27(26)34-30/h1-19,31H/q-1. The van der Waals surface area contributed by atoms with E-state index in [-0.39, 0.29) is 0 Å². The van der Waals surface area contributed by atoms with Gasteiger partial charge in [-0.3, -0.25) is 0 Å². The third-order valence-corrected chi connectivity index (χ3v) is 6.19. The molecule has 36 heavy (non-hydrogen) atoms. The number of hydrogen-bond acceptors (Lipinski definition) is 5. The second-order valence-electron chi connectivity index (χ2n) is 8.60. The van der Waals surface area contributed by atoms with E-state index in [1.807, 2.05) is 103 Å². The number of fused-ring (bicyclic) bond motifs is 1. The topological polar surface area (TPSA) is 65.1 Å². The Morgan fingerprint density at radius 2 is 1.22 bits per heavy atom.